The van der Waals surface area contributed by atoms with E-state index in [0.717, 1.165) is 16.7 Å². The van der Waals surface area contributed by atoms with Crippen LogP contribution in [0.4, 0.5) is 5.69 Å². The fraction of sp³-hybridized carbons (Fsp3) is 0.214. The van der Waals surface area contributed by atoms with E-state index in [4.69, 9.17) is 9.47 Å². The van der Waals surface area contributed by atoms with E-state index in [1.165, 1.54) is 6.21 Å². The molecule has 9 nitrogen and oxygen atoms in total. The fourth-order valence-corrected chi connectivity index (χ4v) is 3.24. The van der Waals surface area contributed by atoms with Crippen LogP contribution in [0.1, 0.15) is 29.2 Å². The zero-order valence-corrected chi connectivity index (χ0v) is 21.0. The fourth-order valence-electron chi connectivity index (χ4n) is 3.24. The molecule has 0 atom stereocenters. The van der Waals surface area contributed by atoms with E-state index in [1.54, 1.807) is 24.3 Å². The predicted molar refractivity (Wildman–Crippen MR) is 142 cm³/mol. The SMILES string of the molecule is CCOc1cc(/C=N\NC(=O)C(=O)NCc2ccc(C)cc2)ccc1OCC(=O)Nc1cccc(C)c1. The maximum atomic E-state index is 12.3. The van der Waals surface area contributed by atoms with Crippen molar-refractivity contribution in [3.63, 3.8) is 0 Å². The van der Waals surface area contributed by atoms with Crippen LogP contribution < -0.4 is 25.5 Å². The third-order valence-electron chi connectivity index (χ3n) is 5.09. The molecule has 0 bridgehead atoms. The standard InChI is InChI=1S/C28H30N4O5/c1-4-36-25-15-22(12-13-24(25)37-18-26(33)31-23-7-5-6-20(3)14-23)17-30-32-28(35)27(34)29-16-21-10-8-19(2)9-11-21/h5-15,17H,4,16,18H2,1-3H3,(H,29,34)(H,31,33)(H,32,35)/b30-17-. The Bertz CT molecular complexity index is 1270. The lowest BCUT2D eigenvalue weighted by molar-refractivity contribution is -0.139. The van der Waals surface area contributed by atoms with Crippen LogP contribution in [-0.4, -0.2) is 37.1 Å². The van der Waals surface area contributed by atoms with Crippen molar-refractivity contribution in [2.24, 2.45) is 5.10 Å². The summed E-state index contributed by atoms with van der Waals surface area (Å²) in [6.07, 6.45) is 1.38. The van der Waals surface area contributed by atoms with Gasteiger partial charge in [-0.2, -0.15) is 5.10 Å². The molecular weight excluding hydrogens is 472 g/mol. The molecule has 3 aromatic rings. The van der Waals surface area contributed by atoms with Crippen LogP contribution in [0.3, 0.4) is 0 Å². The van der Waals surface area contributed by atoms with Crippen molar-refractivity contribution in [3.05, 3.63) is 89.0 Å². The lowest BCUT2D eigenvalue weighted by Crippen LogP contribution is -2.37. The minimum atomic E-state index is -0.882. The Morgan fingerprint density at radius 1 is 0.865 bits per heavy atom. The smallest absolute Gasteiger partial charge is 0.329 e. The van der Waals surface area contributed by atoms with Gasteiger partial charge in [0.15, 0.2) is 18.1 Å². The number of ether oxygens (including phenoxy) is 2. The largest absolute Gasteiger partial charge is 0.490 e. The van der Waals surface area contributed by atoms with Gasteiger partial charge in [0.1, 0.15) is 0 Å². The van der Waals surface area contributed by atoms with Crippen molar-refractivity contribution in [3.8, 4) is 11.5 Å². The number of carbonyl (C=O) groups excluding carboxylic acids is 3. The van der Waals surface area contributed by atoms with Gasteiger partial charge < -0.3 is 20.1 Å². The zero-order chi connectivity index (χ0) is 26.6. The molecule has 3 aromatic carbocycles. The Labute approximate surface area is 215 Å². The molecule has 192 valence electrons. The van der Waals surface area contributed by atoms with Gasteiger partial charge in [0.2, 0.25) is 0 Å². The van der Waals surface area contributed by atoms with Crippen LogP contribution in [0.2, 0.25) is 0 Å². The molecule has 0 aliphatic rings. The second-order valence-electron chi connectivity index (χ2n) is 8.21. The van der Waals surface area contributed by atoms with E-state index in [9.17, 15) is 14.4 Å². The van der Waals surface area contributed by atoms with E-state index in [0.29, 0.717) is 29.4 Å². The topological polar surface area (TPSA) is 118 Å². The van der Waals surface area contributed by atoms with Crippen molar-refractivity contribution in [1.82, 2.24) is 10.7 Å². The lowest BCUT2D eigenvalue weighted by Gasteiger charge is -2.13. The van der Waals surface area contributed by atoms with Crippen LogP contribution in [-0.2, 0) is 20.9 Å². The second-order valence-corrected chi connectivity index (χ2v) is 8.21. The van der Waals surface area contributed by atoms with Gasteiger partial charge >= 0.3 is 11.8 Å². The first kappa shape index (κ1) is 26.9. The van der Waals surface area contributed by atoms with Gasteiger partial charge in [-0.25, -0.2) is 5.43 Å². The van der Waals surface area contributed by atoms with Crippen molar-refractivity contribution in [1.29, 1.82) is 0 Å². The highest BCUT2D eigenvalue weighted by Gasteiger charge is 2.12. The van der Waals surface area contributed by atoms with E-state index in [2.05, 4.69) is 21.2 Å². The number of aryl methyl sites for hydroxylation is 2. The maximum absolute atomic E-state index is 12.3. The molecule has 0 radical (unpaired) electrons. The minimum Gasteiger partial charge on any atom is -0.490 e. The van der Waals surface area contributed by atoms with Gasteiger partial charge in [-0.3, -0.25) is 14.4 Å². The number of carbonyl (C=O) groups is 3. The van der Waals surface area contributed by atoms with Crippen LogP contribution in [0.5, 0.6) is 11.5 Å². The molecule has 0 heterocycles. The molecule has 0 aromatic heterocycles. The molecule has 37 heavy (non-hydrogen) atoms. The number of nitrogens with one attached hydrogen (secondary N) is 3. The van der Waals surface area contributed by atoms with Gasteiger partial charge in [-0.1, -0.05) is 42.0 Å². The summed E-state index contributed by atoms with van der Waals surface area (Å²) in [5.74, 6) is -1.18. The number of rotatable bonds is 10. The van der Waals surface area contributed by atoms with Gasteiger partial charge in [-0.15, -0.1) is 0 Å². The summed E-state index contributed by atoms with van der Waals surface area (Å²) in [4.78, 5) is 36.3. The number of nitrogens with zero attached hydrogens (tertiary/aromatic N) is 1. The summed E-state index contributed by atoms with van der Waals surface area (Å²) in [7, 11) is 0. The second kappa shape index (κ2) is 13.4. The Kier molecular flexibility index (Phi) is 9.78. The van der Waals surface area contributed by atoms with Crippen LogP contribution in [0.15, 0.2) is 71.8 Å². The number of hydrazone groups is 1. The molecule has 9 heteroatoms. The molecule has 0 spiro atoms. The Morgan fingerprint density at radius 2 is 1.65 bits per heavy atom. The summed E-state index contributed by atoms with van der Waals surface area (Å²) in [5.41, 5.74) is 6.52. The van der Waals surface area contributed by atoms with Gasteiger partial charge in [-0.05, 0) is 67.8 Å². The Balaban J connectivity index is 1.51. The number of anilines is 1. The molecule has 3 rings (SSSR count). The van der Waals surface area contributed by atoms with Gasteiger partial charge in [0, 0.05) is 12.2 Å². The molecule has 0 aliphatic carbocycles. The van der Waals surface area contributed by atoms with Crippen LogP contribution >= 0.6 is 0 Å². The highest BCUT2D eigenvalue weighted by molar-refractivity contribution is 6.35. The van der Waals surface area contributed by atoms with Crippen LogP contribution in [0, 0.1) is 13.8 Å². The van der Waals surface area contributed by atoms with Gasteiger partial charge in [0.25, 0.3) is 5.91 Å². The Morgan fingerprint density at radius 3 is 2.38 bits per heavy atom. The molecule has 0 unspecified atom stereocenters. The quantitative estimate of drug-likeness (QED) is 0.223. The molecule has 0 saturated heterocycles. The van der Waals surface area contributed by atoms with Crippen molar-refractivity contribution >= 4 is 29.6 Å². The average Bonchev–Trinajstić information content (AvgIpc) is 2.88. The highest BCUT2D eigenvalue weighted by Crippen LogP contribution is 2.28. The zero-order valence-electron chi connectivity index (χ0n) is 21.0. The lowest BCUT2D eigenvalue weighted by atomic mass is 10.1. The normalized spacial score (nSPS) is 10.6. The van der Waals surface area contributed by atoms with E-state index in [1.807, 2.05) is 63.2 Å². The summed E-state index contributed by atoms with van der Waals surface area (Å²) in [6.45, 7) is 6.15. The first-order valence-electron chi connectivity index (χ1n) is 11.8. The van der Waals surface area contributed by atoms with E-state index >= 15 is 0 Å². The first-order valence-corrected chi connectivity index (χ1v) is 11.8. The van der Waals surface area contributed by atoms with Crippen molar-refractivity contribution < 1.29 is 23.9 Å². The molecular formula is C28H30N4O5. The highest BCUT2D eigenvalue weighted by atomic mass is 16.5. The number of hydrogen-bond donors (Lipinski definition) is 3. The summed E-state index contributed by atoms with van der Waals surface area (Å²) >= 11 is 0. The number of benzene rings is 3. The summed E-state index contributed by atoms with van der Waals surface area (Å²) in [6, 6.07) is 20.1. The molecule has 0 aliphatic heterocycles. The summed E-state index contributed by atoms with van der Waals surface area (Å²) in [5, 5.41) is 9.17. The van der Waals surface area contributed by atoms with Gasteiger partial charge in [0.05, 0.1) is 12.8 Å². The first-order chi connectivity index (χ1) is 17.8. The van der Waals surface area contributed by atoms with E-state index < -0.39 is 11.8 Å². The monoisotopic (exact) mass is 502 g/mol. The minimum absolute atomic E-state index is 0.199. The summed E-state index contributed by atoms with van der Waals surface area (Å²) < 4.78 is 11.3. The third-order valence-corrected chi connectivity index (χ3v) is 5.09. The van der Waals surface area contributed by atoms with Crippen molar-refractivity contribution in [2.45, 2.75) is 27.3 Å². The molecule has 3 N–H and O–H groups in total. The average molecular weight is 503 g/mol. The third kappa shape index (κ3) is 8.81. The van der Waals surface area contributed by atoms with Crippen LogP contribution in [0.25, 0.3) is 0 Å². The number of hydrogen-bond acceptors (Lipinski definition) is 6. The predicted octanol–water partition coefficient (Wildman–Crippen LogP) is 3.49. The van der Waals surface area contributed by atoms with E-state index in [-0.39, 0.29) is 19.1 Å². The number of amides is 3. The maximum Gasteiger partial charge on any atom is 0.329 e. The Hall–Kier alpha value is -4.66. The molecule has 3 amide bonds. The molecule has 0 fully saturated rings. The molecule has 0 saturated carbocycles. The van der Waals surface area contributed by atoms with Crippen molar-refractivity contribution in [2.75, 3.05) is 18.5 Å².